The fraction of sp³-hybridized carbons (Fsp3) is 0.704. The molecule has 33 heavy (non-hydrogen) atoms. The van der Waals surface area contributed by atoms with Crippen LogP contribution in [0.15, 0.2) is 30.3 Å². The van der Waals surface area contributed by atoms with E-state index in [1.165, 1.54) is 19.3 Å². The maximum atomic E-state index is 13.7. The van der Waals surface area contributed by atoms with E-state index < -0.39 is 6.04 Å². The first kappa shape index (κ1) is 22.9. The van der Waals surface area contributed by atoms with Crippen LogP contribution in [-0.2, 0) is 20.7 Å². The van der Waals surface area contributed by atoms with Gasteiger partial charge in [0, 0.05) is 37.5 Å². The molecule has 2 atom stereocenters. The van der Waals surface area contributed by atoms with Gasteiger partial charge in [0.1, 0.15) is 6.04 Å². The van der Waals surface area contributed by atoms with E-state index in [2.05, 4.69) is 15.5 Å². The highest BCUT2D eigenvalue weighted by molar-refractivity contribution is 5.90. The van der Waals surface area contributed by atoms with Crippen molar-refractivity contribution in [2.45, 2.75) is 64.0 Å². The normalized spacial score (nSPS) is 32.8. The third kappa shape index (κ3) is 5.27. The molecule has 0 radical (unpaired) electrons. The zero-order chi connectivity index (χ0) is 22.8. The lowest BCUT2D eigenvalue weighted by atomic mass is 9.49. The van der Waals surface area contributed by atoms with Crippen molar-refractivity contribution in [2.24, 2.45) is 23.2 Å². The van der Waals surface area contributed by atoms with Gasteiger partial charge in [-0.3, -0.25) is 14.5 Å². The van der Waals surface area contributed by atoms with E-state index in [1.807, 2.05) is 37.3 Å². The average molecular weight is 454 g/mol. The van der Waals surface area contributed by atoms with Crippen LogP contribution >= 0.6 is 0 Å². The van der Waals surface area contributed by atoms with Gasteiger partial charge in [-0.1, -0.05) is 30.3 Å². The summed E-state index contributed by atoms with van der Waals surface area (Å²) in [5.41, 5.74) is 0.827. The molecule has 1 saturated heterocycles. The number of hydrogen-bond donors (Lipinski definition) is 2. The second kappa shape index (κ2) is 9.75. The van der Waals surface area contributed by atoms with Crippen molar-refractivity contribution in [3.63, 3.8) is 0 Å². The Kier molecular flexibility index (Phi) is 6.75. The summed E-state index contributed by atoms with van der Waals surface area (Å²) in [5, 5.41) is 6.44. The van der Waals surface area contributed by atoms with Gasteiger partial charge >= 0.3 is 0 Å². The molecule has 1 aliphatic heterocycles. The summed E-state index contributed by atoms with van der Waals surface area (Å²) < 4.78 is 5.43. The number of amides is 2. The number of carbonyl (C=O) groups excluding carboxylic acids is 2. The highest BCUT2D eigenvalue weighted by Crippen LogP contribution is 2.60. The molecule has 5 fully saturated rings. The molecule has 6 heteroatoms. The van der Waals surface area contributed by atoms with Crippen molar-refractivity contribution < 1.29 is 14.3 Å². The number of benzene rings is 1. The Morgan fingerprint density at radius 2 is 1.61 bits per heavy atom. The molecule has 2 amide bonds. The molecule has 5 aliphatic rings. The summed E-state index contributed by atoms with van der Waals surface area (Å²) in [6.07, 6.45) is 7.47. The van der Waals surface area contributed by atoms with Crippen molar-refractivity contribution in [3.05, 3.63) is 35.9 Å². The summed E-state index contributed by atoms with van der Waals surface area (Å²) in [7, 11) is 0. The van der Waals surface area contributed by atoms with Gasteiger partial charge in [0.2, 0.25) is 11.8 Å². The maximum Gasteiger partial charge on any atom is 0.243 e. The first-order chi connectivity index (χ1) is 16.0. The summed E-state index contributed by atoms with van der Waals surface area (Å²) in [6, 6.07) is 9.52. The van der Waals surface area contributed by atoms with Crippen molar-refractivity contribution in [1.29, 1.82) is 0 Å². The molecule has 4 aliphatic carbocycles. The van der Waals surface area contributed by atoms with E-state index in [0.29, 0.717) is 24.2 Å². The summed E-state index contributed by atoms with van der Waals surface area (Å²) >= 11 is 0. The van der Waals surface area contributed by atoms with Gasteiger partial charge in [0.05, 0.1) is 13.2 Å². The van der Waals surface area contributed by atoms with Crippen LogP contribution in [0.5, 0.6) is 0 Å². The fourth-order valence-corrected chi connectivity index (χ4v) is 7.32. The molecule has 0 unspecified atom stereocenters. The zero-order valence-corrected chi connectivity index (χ0v) is 19.9. The Morgan fingerprint density at radius 3 is 2.21 bits per heavy atom. The zero-order valence-electron chi connectivity index (χ0n) is 19.9. The fourth-order valence-electron chi connectivity index (χ4n) is 7.32. The summed E-state index contributed by atoms with van der Waals surface area (Å²) in [6.45, 7) is 6.15. The highest BCUT2D eigenvalue weighted by atomic mass is 16.5. The lowest BCUT2D eigenvalue weighted by Gasteiger charge is -2.55. The number of ether oxygens (including phenoxy) is 1. The van der Waals surface area contributed by atoms with E-state index >= 15 is 0 Å². The SMILES string of the molecule is C[C@@H](CN1CCOCC1)NC(=O)[C@H](Cc1ccccc1)NC(=O)C12CC3CC(CC(C3)C1)C2. The molecule has 180 valence electrons. The van der Waals surface area contributed by atoms with E-state index in [-0.39, 0.29) is 23.3 Å². The molecule has 1 aromatic rings. The Balaban J connectivity index is 1.26. The lowest BCUT2D eigenvalue weighted by molar-refractivity contribution is -0.148. The van der Waals surface area contributed by atoms with Crippen LogP contribution in [0.3, 0.4) is 0 Å². The van der Waals surface area contributed by atoms with Crippen molar-refractivity contribution >= 4 is 11.8 Å². The van der Waals surface area contributed by atoms with Crippen molar-refractivity contribution in [3.8, 4) is 0 Å². The van der Waals surface area contributed by atoms with E-state index in [4.69, 9.17) is 4.74 Å². The van der Waals surface area contributed by atoms with Crippen LogP contribution in [0.25, 0.3) is 0 Å². The van der Waals surface area contributed by atoms with Crippen LogP contribution in [-0.4, -0.2) is 61.6 Å². The molecule has 0 spiro atoms. The van der Waals surface area contributed by atoms with Gasteiger partial charge < -0.3 is 15.4 Å². The topological polar surface area (TPSA) is 70.7 Å². The molecule has 0 aromatic heterocycles. The molecular weight excluding hydrogens is 414 g/mol. The Bertz CT molecular complexity index is 801. The Labute approximate surface area is 197 Å². The standard InChI is InChI=1S/C27H39N3O3/c1-19(18-30-7-9-33-10-8-30)28-25(31)24(14-20-5-3-2-4-6-20)29-26(32)27-15-21-11-22(16-27)13-23(12-21)17-27/h2-6,19,21-24H,7-18H2,1H3,(H,28,31)(H,29,32)/t19-,21?,22?,23?,24-,27?/m0/s1. The number of rotatable bonds is 8. The average Bonchev–Trinajstić information content (AvgIpc) is 2.79. The quantitative estimate of drug-likeness (QED) is 0.635. The van der Waals surface area contributed by atoms with Gasteiger partial charge in [0.15, 0.2) is 0 Å². The monoisotopic (exact) mass is 453 g/mol. The predicted octanol–water partition coefficient (Wildman–Crippen LogP) is 2.77. The number of morpholine rings is 1. The first-order valence-electron chi connectivity index (χ1n) is 12.9. The number of nitrogens with one attached hydrogen (secondary N) is 2. The second-order valence-electron chi connectivity index (χ2n) is 11.2. The van der Waals surface area contributed by atoms with Gasteiger partial charge in [-0.15, -0.1) is 0 Å². The van der Waals surface area contributed by atoms with Crippen LogP contribution < -0.4 is 10.6 Å². The van der Waals surface area contributed by atoms with Crippen LogP contribution in [0.2, 0.25) is 0 Å². The molecule has 1 aromatic carbocycles. The van der Waals surface area contributed by atoms with Crippen molar-refractivity contribution in [1.82, 2.24) is 15.5 Å². The minimum Gasteiger partial charge on any atom is -0.379 e. The van der Waals surface area contributed by atoms with Gasteiger partial charge in [-0.25, -0.2) is 0 Å². The van der Waals surface area contributed by atoms with Crippen LogP contribution in [0.1, 0.15) is 51.0 Å². The smallest absolute Gasteiger partial charge is 0.243 e. The third-order valence-electron chi connectivity index (χ3n) is 8.45. The number of carbonyl (C=O) groups is 2. The van der Waals surface area contributed by atoms with Crippen molar-refractivity contribution in [2.75, 3.05) is 32.8 Å². The number of hydrogen-bond acceptors (Lipinski definition) is 4. The predicted molar refractivity (Wildman–Crippen MR) is 128 cm³/mol. The minimum absolute atomic E-state index is 0.0188. The van der Waals surface area contributed by atoms with Gasteiger partial charge in [0.25, 0.3) is 0 Å². The Morgan fingerprint density at radius 1 is 1.00 bits per heavy atom. The van der Waals surface area contributed by atoms with Gasteiger partial charge in [-0.05, 0) is 68.8 Å². The van der Waals surface area contributed by atoms with Crippen LogP contribution in [0, 0.1) is 23.2 Å². The third-order valence-corrected chi connectivity index (χ3v) is 8.45. The second-order valence-corrected chi connectivity index (χ2v) is 11.2. The number of nitrogens with zero attached hydrogens (tertiary/aromatic N) is 1. The summed E-state index contributed by atoms with van der Waals surface area (Å²) in [4.78, 5) is 29.4. The van der Waals surface area contributed by atoms with E-state index in [0.717, 1.165) is 57.7 Å². The molecule has 1 heterocycles. The molecule has 4 bridgehead atoms. The largest absolute Gasteiger partial charge is 0.379 e. The summed E-state index contributed by atoms with van der Waals surface area (Å²) in [5.74, 6) is 2.17. The molecule has 2 N–H and O–H groups in total. The van der Waals surface area contributed by atoms with Gasteiger partial charge in [-0.2, -0.15) is 0 Å². The maximum absolute atomic E-state index is 13.7. The molecule has 6 nitrogen and oxygen atoms in total. The first-order valence-corrected chi connectivity index (χ1v) is 12.9. The van der Waals surface area contributed by atoms with E-state index in [1.54, 1.807) is 0 Å². The lowest BCUT2D eigenvalue weighted by Crippen LogP contribution is -2.58. The minimum atomic E-state index is -0.542. The Hall–Kier alpha value is -1.92. The highest BCUT2D eigenvalue weighted by Gasteiger charge is 2.55. The molecular formula is C27H39N3O3. The molecule has 4 saturated carbocycles. The molecule has 6 rings (SSSR count). The van der Waals surface area contributed by atoms with E-state index in [9.17, 15) is 9.59 Å². The van der Waals surface area contributed by atoms with Crippen LogP contribution in [0.4, 0.5) is 0 Å².